The molecule has 0 radical (unpaired) electrons. The van der Waals surface area contributed by atoms with Crippen molar-refractivity contribution >= 4 is 9.84 Å². The van der Waals surface area contributed by atoms with Crippen LogP contribution in [0.3, 0.4) is 0 Å². The molecule has 1 aromatic carbocycles. The number of hydrogen-bond donors (Lipinski definition) is 0. The van der Waals surface area contributed by atoms with Crippen LogP contribution in [0.25, 0.3) is 0 Å². The van der Waals surface area contributed by atoms with Crippen LogP contribution in [0.1, 0.15) is 12.0 Å². The minimum Gasteiger partial charge on any atom is -0.227 e. The summed E-state index contributed by atoms with van der Waals surface area (Å²) in [4.78, 5) is 0. The van der Waals surface area contributed by atoms with Crippen LogP contribution >= 0.6 is 0 Å². The van der Waals surface area contributed by atoms with Crippen molar-refractivity contribution in [3.8, 4) is 11.8 Å². The maximum atomic E-state index is 11.9. The Bertz CT molecular complexity index is 643. The van der Waals surface area contributed by atoms with E-state index in [4.69, 9.17) is 0 Å². The molecule has 0 N–H and O–H groups in total. The summed E-state index contributed by atoms with van der Waals surface area (Å²) in [5.74, 6) is 5.86. The highest BCUT2D eigenvalue weighted by Crippen LogP contribution is 2.26. The van der Waals surface area contributed by atoms with Gasteiger partial charge in [-0.1, -0.05) is 54.3 Å². The molecule has 0 aliphatic heterocycles. The normalized spacial score (nSPS) is 22.3. The molecule has 0 fully saturated rings. The molecule has 0 amide bonds. The van der Waals surface area contributed by atoms with Crippen molar-refractivity contribution in [3.63, 3.8) is 0 Å². The van der Waals surface area contributed by atoms with Gasteiger partial charge in [-0.3, -0.25) is 0 Å². The zero-order valence-electron chi connectivity index (χ0n) is 10.1. The van der Waals surface area contributed by atoms with Crippen LogP contribution in [0.4, 0.5) is 0 Å². The molecule has 18 heavy (non-hydrogen) atoms. The molecule has 0 heterocycles. The third-order valence-electron chi connectivity index (χ3n) is 2.89. The Morgan fingerprint density at radius 2 is 1.89 bits per heavy atom. The van der Waals surface area contributed by atoms with E-state index < -0.39 is 14.6 Å². The van der Waals surface area contributed by atoms with Crippen LogP contribution in [0.5, 0.6) is 0 Å². The molecule has 0 bridgehead atoms. The van der Waals surface area contributed by atoms with Crippen LogP contribution in [0.2, 0.25) is 0 Å². The van der Waals surface area contributed by atoms with Crippen molar-refractivity contribution in [3.05, 3.63) is 60.2 Å². The summed E-state index contributed by atoms with van der Waals surface area (Å²) < 4.78 is 22.8. The number of rotatable bonds is 1. The largest absolute Gasteiger partial charge is 0.227 e. The van der Waals surface area contributed by atoms with Crippen molar-refractivity contribution < 1.29 is 8.42 Å². The third kappa shape index (κ3) is 2.55. The van der Waals surface area contributed by atoms with Gasteiger partial charge in [-0.15, -0.1) is 0 Å². The minimum absolute atomic E-state index is 0.405. The highest BCUT2D eigenvalue weighted by Gasteiger charge is 2.36. The van der Waals surface area contributed by atoms with E-state index >= 15 is 0 Å². The van der Waals surface area contributed by atoms with Crippen LogP contribution in [0, 0.1) is 11.8 Å². The van der Waals surface area contributed by atoms with Crippen LogP contribution in [0.15, 0.2) is 54.6 Å². The minimum atomic E-state index is -3.27. The van der Waals surface area contributed by atoms with E-state index in [2.05, 4.69) is 11.8 Å². The standard InChI is InChI=1S/C15H14O2S/c1-18(16,17)15(11-6-3-7-12-15)13-10-14-8-4-2-5-9-14/h2-9,11H,12H2,1H3. The second kappa shape index (κ2) is 4.83. The number of hydrogen-bond acceptors (Lipinski definition) is 2. The highest BCUT2D eigenvalue weighted by atomic mass is 32.2. The number of sulfone groups is 1. The molecular formula is C15H14O2S. The fourth-order valence-electron chi connectivity index (χ4n) is 1.76. The number of allylic oxidation sites excluding steroid dienone is 3. The first-order chi connectivity index (χ1) is 8.54. The highest BCUT2D eigenvalue weighted by molar-refractivity contribution is 7.92. The fraction of sp³-hybridized carbons (Fsp3) is 0.200. The first-order valence-corrected chi connectivity index (χ1v) is 7.55. The molecule has 0 aromatic heterocycles. The zero-order chi connectivity index (χ0) is 13.1. The van der Waals surface area contributed by atoms with Crippen molar-refractivity contribution in [1.29, 1.82) is 0 Å². The molecule has 1 unspecified atom stereocenters. The lowest BCUT2D eigenvalue weighted by Crippen LogP contribution is -2.34. The SMILES string of the molecule is CS(=O)(=O)C1(C#Cc2ccccc2)C=CC=CC1. The Labute approximate surface area is 108 Å². The molecule has 0 saturated heterocycles. The first kappa shape index (κ1) is 12.7. The molecule has 1 aromatic rings. The van der Waals surface area contributed by atoms with Gasteiger partial charge in [0.1, 0.15) is 0 Å². The Kier molecular flexibility index (Phi) is 3.40. The summed E-state index contributed by atoms with van der Waals surface area (Å²) in [6.45, 7) is 0. The van der Waals surface area contributed by atoms with Gasteiger partial charge < -0.3 is 0 Å². The summed E-state index contributed by atoms with van der Waals surface area (Å²) >= 11 is 0. The lowest BCUT2D eigenvalue weighted by atomic mass is 10.00. The van der Waals surface area contributed by atoms with E-state index in [1.165, 1.54) is 6.26 Å². The van der Waals surface area contributed by atoms with E-state index in [-0.39, 0.29) is 0 Å². The van der Waals surface area contributed by atoms with Gasteiger partial charge in [-0.2, -0.15) is 0 Å². The fourth-order valence-corrected chi connectivity index (χ4v) is 2.72. The third-order valence-corrected chi connectivity index (χ3v) is 4.62. The summed E-state index contributed by atoms with van der Waals surface area (Å²) in [6.07, 6.45) is 8.72. The summed E-state index contributed by atoms with van der Waals surface area (Å²) in [5, 5.41) is 0. The van der Waals surface area contributed by atoms with E-state index in [0.29, 0.717) is 6.42 Å². The molecule has 0 spiro atoms. The summed E-state index contributed by atoms with van der Waals surface area (Å²) in [7, 11) is -3.27. The predicted octanol–water partition coefficient (Wildman–Crippen LogP) is 2.34. The van der Waals surface area contributed by atoms with Gasteiger partial charge in [0, 0.05) is 11.8 Å². The first-order valence-electron chi connectivity index (χ1n) is 5.66. The van der Waals surface area contributed by atoms with Crippen LogP contribution < -0.4 is 0 Å². The van der Waals surface area contributed by atoms with E-state index in [1.807, 2.05) is 42.5 Å². The molecule has 0 saturated carbocycles. The maximum Gasteiger partial charge on any atom is 0.168 e. The van der Waals surface area contributed by atoms with Crippen molar-refractivity contribution in [2.75, 3.05) is 6.26 Å². The Morgan fingerprint density at radius 3 is 2.44 bits per heavy atom. The Morgan fingerprint density at radius 1 is 1.17 bits per heavy atom. The van der Waals surface area contributed by atoms with Gasteiger partial charge in [0.25, 0.3) is 0 Å². The predicted molar refractivity (Wildman–Crippen MR) is 73.8 cm³/mol. The Balaban J connectivity index is 2.43. The smallest absolute Gasteiger partial charge is 0.168 e. The lowest BCUT2D eigenvalue weighted by Gasteiger charge is -2.23. The second-order valence-electron chi connectivity index (χ2n) is 4.27. The maximum absolute atomic E-state index is 11.9. The van der Waals surface area contributed by atoms with Gasteiger partial charge in [0.05, 0.1) is 0 Å². The second-order valence-corrected chi connectivity index (χ2v) is 6.54. The average molecular weight is 258 g/mol. The molecule has 2 rings (SSSR count). The Hall–Kier alpha value is -1.79. The van der Waals surface area contributed by atoms with Gasteiger partial charge in [0.2, 0.25) is 0 Å². The van der Waals surface area contributed by atoms with Crippen LogP contribution in [-0.4, -0.2) is 19.4 Å². The van der Waals surface area contributed by atoms with Crippen molar-refractivity contribution in [2.24, 2.45) is 0 Å². The van der Waals surface area contributed by atoms with Gasteiger partial charge in [-0.05, 0) is 18.6 Å². The molecule has 1 aliphatic carbocycles. The molecule has 1 atom stereocenters. The van der Waals surface area contributed by atoms with Gasteiger partial charge in [0.15, 0.2) is 14.6 Å². The summed E-state index contributed by atoms with van der Waals surface area (Å²) in [5.41, 5.74) is 0.823. The average Bonchev–Trinajstić information content (AvgIpc) is 2.37. The quantitative estimate of drug-likeness (QED) is 0.725. The van der Waals surface area contributed by atoms with Crippen molar-refractivity contribution in [1.82, 2.24) is 0 Å². The van der Waals surface area contributed by atoms with E-state index in [0.717, 1.165) is 5.56 Å². The molecular weight excluding hydrogens is 244 g/mol. The van der Waals surface area contributed by atoms with E-state index in [1.54, 1.807) is 12.2 Å². The van der Waals surface area contributed by atoms with Gasteiger partial charge >= 0.3 is 0 Å². The molecule has 2 nitrogen and oxygen atoms in total. The monoisotopic (exact) mass is 258 g/mol. The van der Waals surface area contributed by atoms with Gasteiger partial charge in [-0.25, -0.2) is 8.42 Å². The van der Waals surface area contributed by atoms with Crippen LogP contribution in [-0.2, 0) is 9.84 Å². The molecule has 1 aliphatic rings. The topological polar surface area (TPSA) is 34.1 Å². The molecule has 3 heteroatoms. The van der Waals surface area contributed by atoms with E-state index in [9.17, 15) is 8.42 Å². The zero-order valence-corrected chi connectivity index (χ0v) is 10.9. The number of benzene rings is 1. The van der Waals surface area contributed by atoms with Crippen molar-refractivity contribution in [2.45, 2.75) is 11.2 Å². The molecule has 92 valence electrons. The summed E-state index contributed by atoms with van der Waals surface area (Å²) in [6, 6.07) is 9.40. The lowest BCUT2D eigenvalue weighted by molar-refractivity contribution is 0.583.